The first-order chi connectivity index (χ1) is 31.8. The first-order valence-corrected chi connectivity index (χ1v) is 23.9. The Morgan fingerprint density at radius 2 is 1.78 bits per heavy atom. The fourth-order valence-corrected chi connectivity index (χ4v) is 9.84. The molecule has 5 atom stereocenters. The van der Waals surface area contributed by atoms with E-state index in [1.165, 1.54) is 11.9 Å². The predicted octanol–water partition coefficient (Wildman–Crippen LogP) is 5.15. The van der Waals surface area contributed by atoms with Gasteiger partial charge in [-0.15, -0.1) is 0 Å². The Hall–Kier alpha value is -5.01. The number of amides is 2. The maximum atomic E-state index is 14.1. The summed E-state index contributed by atoms with van der Waals surface area (Å²) in [5.74, 6) is -1.83. The molecule has 2 unspecified atom stereocenters. The number of alkyl carbamates (subject to hydrolysis) is 1. The second-order valence-electron chi connectivity index (χ2n) is 20.1. The lowest BCUT2D eigenvalue weighted by molar-refractivity contribution is -0.148. The van der Waals surface area contributed by atoms with Crippen LogP contribution in [0.1, 0.15) is 92.0 Å². The van der Waals surface area contributed by atoms with Crippen molar-refractivity contribution >= 4 is 46.2 Å². The topological polar surface area (TPSA) is 190 Å². The van der Waals surface area contributed by atoms with E-state index in [2.05, 4.69) is 75.0 Å². The Morgan fingerprint density at radius 3 is 2.49 bits per heavy atom. The maximum absolute atomic E-state index is 14.1. The molecule has 67 heavy (non-hydrogen) atoms. The van der Waals surface area contributed by atoms with Crippen molar-refractivity contribution in [3.63, 3.8) is 0 Å². The second-order valence-corrected chi connectivity index (χ2v) is 20.1. The van der Waals surface area contributed by atoms with Crippen LogP contribution < -0.4 is 20.5 Å². The number of anilines is 2. The average molecular weight is 933 g/mol. The van der Waals surface area contributed by atoms with Crippen molar-refractivity contribution in [2.45, 2.75) is 124 Å². The summed E-state index contributed by atoms with van der Waals surface area (Å²) in [7, 11) is 1.71. The number of fused-ring (bicyclic) bond motifs is 2. The molecule has 3 aromatic rings. The summed E-state index contributed by atoms with van der Waals surface area (Å²) in [5.41, 5.74) is 8.63. The van der Waals surface area contributed by atoms with Crippen LogP contribution in [0.3, 0.4) is 0 Å². The fourth-order valence-electron chi connectivity index (χ4n) is 9.84. The molecule has 6 heterocycles. The van der Waals surface area contributed by atoms with Gasteiger partial charge in [0, 0.05) is 100 Å². The van der Waals surface area contributed by atoms with E-state index in [1.54, 1.807) is 27.9 Å². The molecule has 4 aliphatic heterocycles. The van der Waals surface area contributed by atoms with Crippen molar-refractivity contribution in [3.05, 3.63) is 41.7 Å². The van der Waals surface area contributed by atoms with Crippen LogP contribution in [0.15, 0.2) is 30.5 Å². The molecule has 4 aliphatic rings. The van der Waals surface area contributed by atoms with Gasteiger partial charge in [0.2, 0.25) is 0 Å². The molecule has 3 N–H and O–H groups in total. The van der Waals surface area contributed by atoms with Crippen molar-refractivity contribution in [3.8, 4) is 11.3 Å². The summed E-state index contributed by atoms with van der Waals surface area (Å²) in [5, 5.41) is 14.8. The Morgan fingerprint density at radius 1 is 1.00 bits per heavy atom. The quantitative estimate of drug-likeness (QED) is 0.170. The third-order valence-electron chi connectivity index (χ3n) is 13.2. The molecule has 18 heteroatoms. The third-order valence-corrected chi connectivity index (χ3v) is 13.2. The molecular weight excluding hydrogens is 861 g/mol. The van der Waals surface area contributed by atoms with Crippen molar-refractivity contribution < 1.29 is 48.0 Å². The number of carboxylic acid groups (broad SMARTS) is 1. The van der Waals surface area contributed by atoms with Crippen LogP contribution >= 0.6 is 0 Å². The SMILES string of the molecule is CCn1c(-c2cc(N3CCN4CCOC[C@@H]4C3)cnc2C(C)OC)c(CC(C)(C)COC(C)=O)c2cc(N3CCO[C@@H](CC(NC(=O)OC(C)(C)C)C(=O)N4CCC[C@@H](C(=O)O)N4)C3)ccc21. The van der Waals surface area contributed by atoms with E-state index in [4.69, 9.17) is 28.7 Å². The molecule has 4 fully saturated rings. The van der Waals surface area contributed by atoms with Gasteiger partial charge in [-0.05, 0) is 83.7 Å². The summed E-state index contributed by atoms with van der Waals surface area (Å²) in [4.78, 5) is 63.6. The first kappa shape index (κ1) is 49.9. The maximum Gasteiger partial charge on any atom is 0.408 e. The van der Waals surface area contributed by atoms with Gasteiger partial charge in [-0.3, -0.25) is 29.3 Å². The lowest BCUT2D eigenvalue weighted by Crippen LogP contribution is -2.61. The fraction of sp³-hybridized carbons (Fsp3) is 0.653. The standard InChI is InChI=1S/C49H72N8O10/c1-10-56-42-14-13-33(55-19-21-65-36(28-55)24-41(51-47(62)67-48(4,5)6)45(59)57-15-11-12-40(52-57)46(60)61)22-37(42)39(25-49(7,8)30-66-32(3)58)44(56)38-23-34(26-50-43(38)31(2)63-9)54-17-16-53-18-20-64-29-35(53)27-54/h13-14,22-23,26,31,35-36,40-41,52H,10-12,15-21,24-25,27-30H2,1-9H3,(H,51,62)(H,60,61)/t31?,35-,36-,40-,41?/m0/s1. The summed E-state index contributed by atoms with van der Waals surface area (Å²) in [6.45, 7) is 22.8. The average Bonchev–Trinajstić information content (AvgIpc) is 3.60. The number of benzene rings is 1. The van der Waals surface area contributed by atoms with Crippen molar-refractivity contribution in [1.82, 2.24) is 30.2 Å². The lowest BCUT2D eigenvalue weighted by atomic mass is 9.84. The number of ether oxygens (including phenoxy) is 5. The minimum absolute atomic E-state index is 0.130. The van der Waals surface area contributed by atoms with Gasteiger partial charge in [-0.2, -0.15) is 0 Å². The normalized spacial score (nSPS) is 21.7. The van der Waals surface area contributed by atoms with E-state index < -0.39 is 47.2 Å². The van der Waals surface area contributed by atoms with Crippen molar-refractivity contribution in [1.29, 1.82) is 0 Å². The molecule has 2 aromatic heterocycles. The van der Waals surface area contributed by atoms with Gasteiger partial charge in [0.25, 0.3) is 5.91 Å². The predicted molar refractivity (Wildman–Crippen MR) is 254 cm³/mol. The number of pyridine rings is 1. The van der Waals surface area contributed by atoms with Crippen LogP contribution in [-0.4, -0.2) is 158 Å². The number of hydrogen-bond donors (Lipinski definition) is 3. The van der Waals surface area contributed by atoms with Crippen molar-refractivity contribution in [2.24, 2.45) is 5.41 Å². The van der Waals surface area contributed by atoms with E-state index >= 15 is 0 Å². The summed E-state index contributed by atoms with van der Waals surface area (Å²) in [6, 6.07) is 7.14. The number of rotatable bonds is 15. The summed E-state index contributed by atoms with van der Waals surface area (Å²) < 4.78 is 31.8. The lowest BCUT2D eigenvalue weighted by Gasteiger charge is -2.44. The number of hydrogen-bond acceptors (Lipinski definition) is 14. The molecule has 0 spiro atoms. The summed E-state index contributed by atoms with van der Waals surface area (Å²) in [6.07, 6.45) is 2.05. The van der Waals surface area contributed by atoms with Gasteiger partial charge in [0.05, 0.1) is 67.9 Å². The number of carbonyl (C=O) groups excluding carboxylic acids is 3. The number of aromatic nitrogens is 2. The largest absolute Gasteiger partial charge is 0.480 e. The molecule has 7 rings (SSSR count). The van der Waals surface area contributed by atoms with Crippen LogP contribution in [0.25, 0.3) is 22.2 Å². The van der Waals surface area contributed by atoms with Crippen LogP contribution in [0.4, 0.5) is 16.2 Å². The Kier molecular flexibility index (Phi) is 15.7. The van der Waals surface area contributed by atoms with Crippen LogP contribution in [0.5, 0.6) is 0 Å². The number of nitrogens with one attached hydrogen (secondary N) is 2. The molecule has 18 nitrogen and oxygen atoms in total. The van der Waals surface area contributed by atoms with Gasteiger partial charge in [0.15, 0.2) is 0 Å². The Bertz CT molecular complexity index is 2260. The molecule has 2 amide bonds. The molecule has 0 radical (unpaired) electrons. The van der Waals surface area contributed by atoms with Crippen molar-refractivity contribution in [2.75, 3.05) is 89.2 Å². The van der Waals surface area contributed by atoms with E-state index in [-0.39, 0.29) is 25.1 Å². The number of piperazine rings is 1. The summed E-state index contributed by atoms with van der Waals surface area (Å²) >= 11 is 0. The second kappa shape index (κ2) is 21.1. The number of esters is 1. The van der Waals surface area contributed by atoms with E-state index in [0.717, 1.165) is 77.6 Å². The zero-order valence-corrected chi connectivity index (χ0v) is 40.9. The number of nitrogens with zero attached hydrogens (tertiary/aromatic N) is 6. The molecule has 368 valence electrons. The number of aryl methyl sites for hydroxylation is 1. The highest BCUT2D eigenvalue weighted by molar-refractivity contribution is 5.95. The van der Waals surface area contributed by atoms with Gasteiger partial charge in [-0.25, -0.2) is 10.2 Å². The van der Waals surface area contributed by atoms with Crippen LogP contribution in [0, 0.1) is 5.41 Å². The number of aliphatic carboxylic acids is 1. The number of carboxylic acids is 1. The minimum Gasteiger partial charge on any atom is -0.480 e. The number of hydrazine groups is 1. The number of carbonyl (C=O) groups is 4. The van der Waals surface area contributed by atoms with Gasteiger partial charge in [-0.1, -0.05) is 13.8 Å². The number of methoxy groups -OCH3 is 1. The van der Waals surface area contributed by atoms with E-state index in [1.807, 2.05) is 13.1 Å². The van der Waals surface area contributed by atoms with Crippen LogP contribution in [0.2, 0.25) is 0 Å². The Balaban J connectivity index is 1.25. The first-order valence-electron chi connectivity index (χ1n) is 23.9. The zero-order chi connectivity index (χ0) is 48.2. The van der Waals surface area contributed by atoms with Gasteiger partial charge >= 0.3 is 18.0 Å². The third kappa shape index (κ3) is 12.0. The molecule has 4 saturated heterocycles. The van der Waals surface area contributed by atoms with E-state index in [0.29, 0.717) is 64.7 Å². The molecule has 0 saturated carbocycles. The van der Waals surface area contributed by atoms with Crippen LogP contribution in [-0.2, 0) is 51.0 Å². The molecular formula is C49H72N8O10. The van der Waals surface area contributed by atoms with Gasteiger partial charge in [0.1, 0.15) is 17.7 Å². The zero-order valence-electron chi connectivity index (χ0n) is 40.9. The smallest absolute Gasteiger partial charge is 0.408 e. The minimum atomic E-state index is -1.05. The highest BCUT2D eigenvalue weighted by atomic mass is 16.6. The molecule has 0 aliphatic carbocycles. The number of morpholine rings is 2. The monoisotopic (exact) mass is 933 g/mol. The molecule has 0 bridgehead atoms. The molecule has 1 aromatic carbocycles. The van der Waals surface area contributed by atoms with Gasteiger partial charge < -0.3 is 48.5 Å². The Labute approximate surface area is 394 Å². The van der Waals surface area contributed by atoms with E-state index in [9.17, 15) is 24.3 Å². The highest BCUT2D eigenvalue weighted by Gasteiger charge is 2.37. The highest BCUT2D eigenvalue weighted by Crippen LogP contribution is 2.43.